The van der Waals surface area contributed by atoms with Crippen LogP contribution in [0.15, 0.2) is 16.7 Å². The van der Waals surface area contributed by atoms with Gasteiger partial charge in [-0.25, -0.2) is 15.0 Å². The van der Waals surface area contributed by atoms with Gasteiger partial charge in [-0.1, -0.05) is 0 Å². The molecule has 0 N–H and O–H groups in total. The molecule has 4 rings (SSSR count). The van der Waals surface area contributed by atoms with Crippen LogP contribution in [-0.2, 0) is 0 Å². The number of nitrogens with zero attached hydrogens (tertiary/aromatic N) is 5. The number of carbonyl (C=O) groups is 1. The molecule has 3 heterocycles. The van der Waals surface area contributed by atoms with Crippen LogP contribution in [0.4, 0.5) is 5.82 Å². The molecule has 0 aromatic carbocycles. The number of anilines is 1. The summed E-state index contributed by atoms with van der Waals surface area (Å²) in [5.41, 5.74) is 0.704. The summed E-state index contributed by atoms with van der Waals surface area (Å²) in [4.78, 5) is 29.7. The van der Waals surface area contributed by atoms with Crippen LogP contribution in [-0.4, -0.2) is 51.9 Å². The lowest BCUT2D eigenvalue weighted by Crippen LogP contribution is -2.49. The van der Waals surface area contributed by atoms with Gasteiger partial charge in [0.05, 0.1) is 5.69 Å². The Morgan fingerprint density at radius 3 is 2.58 bits per heavy atom. The van der Waals surface area contributed by atoms with Crippen molar-refractivity contribution in [3.05, 3.63) is 35.4 Å². The van der Waals surface area contributed by atoms with E-state index >= 15 is 0 Å². The lowest BCUT2D eigenvalue weighted by molar-refractivity contribution is 0.0711. The van der Waals surface area contributed by atoms with Crippen LogP contribution < -0.4 is 4.90 Å². The molecule has 2 fully saturated rings. The zero-order valence-corrected chi connectivity index (χ0v) is 14.0. The van der Waals surface area contributed by atoms with Gasteiger partial charge < -0.3 is 14.2 Å². The van der Waals surface area contributed by atoms with E-state index in [1.165, 1.54) is 0 Å². The second kappa shape index (κ2) is 5.89. The molecule has 0 unspecified atom stereocenters. The molecule has 7 heteroatoms. The van der Waals surface area contributed by atoms with Gasteiger partial charge in [-0.3, -0.25) is 4.79 Å². The summed E-state index contributed by atoms with van der Waals surface area (Å²) >= 11 is 0. The molecule has 1 saturated heterocycles. The third kappa shape index (κ3) is 2.86. The van der Waals surface area contributed by atoms with Gasteiger partial charge in [-0.05, 0) is 32.8 Å². The third-order valence-corrected chi connectivity index (χ3v) is 4.59. The largest absolute Gasteiger partial charge is 0.435 e. The first-order valence-corrected chi connectivity index (χ1v) is 8.43. The number of piperazine rings is 1. The standard InChI is InChI=1S/C17H21N5O2/c1-11-15(24-16(19-11)13-3-4-13)17(23)22-9-7-21(8-10-22)14-5-6-18-12(2)20-14/h5-6,13H,3-4,7-10H2,1-2H3. The van der Waals surface area contributed by atoms with E-state index in [1.54, 1.807) is 6.20 Å². The minimum absolute atomic E-state index is 0.0505. The highest BCUT2D eigenvalue weighted by Gasteiger charge is 2.32. The Bertz CT molecular complexity index is 760. The first-order valence-electron chi connectivity index (χ1n) is 8.43. The predicted molar refractivity (Wildman–Crippen MR) is 88.1 cm³/mol. The molecular formula is C17H21N5O2. The van der Waals surface area contributed by atoms with E-state index in [1.807, 2.05) is 24.8 Å². The minimum Gasteiger partial charge on any atom is -0.435 e. The molecule has 24 heavy (non-hydrogen) atoms. The zero-order chi connectivity index (χ0) is 16.7. The first kappa shape index (κ1) is 15.1. The van der Waals surface area contributed by atoms with Crippen LogP contribution in [0.3, 0.4) is 0 Å². The minimum atomic E-state index is -0.0505. The van der Waals surface area contributed by atoms with Crippen molar-refractivity contribution in [3.63, 3.8) is 0 Å². The average molecular weight is 327 g/mol. The smallest absolute Gasteiger partial charge is 0.291 e. The Morgan fingerprint density at radius 2 is 1.92 bits per heavy atom. The van der Waals surface area contributed by atoms with E-state index in [9.17, 15) is 4.79 Å². The Morgan fingerprint density at radius 1 is 1.17 bits per heavy atom. The fourth-order valence-electron chi connectivity index (χ4n) is 3.02. The van der Waals surface area contributed by atoms with Crippen molar-refractivity contribution in [3.8, 4) is 0 Å². The van der Waals surface area contributed by atoms with E-state index in [0.29, 0.717) is 30.5 Å². The lowest BCUT2D eigenvalue weighted by Gasteiger charge is -2.35. The van der Waals surface area contributed by atoms with Gasteiger partial charge in [0.15, 0.2) is 5.89 Å². The van der Waals surface area contributed by atoms with E-state index in [2.05, 4.69) is 19.9 Å². The molecule has 2 aliphatic rings. The van der Waals surface area contributed by atoms with Crippen LogP contribution in [0.25, 0.3) is 0 Å². The normalized spacial score (nSPS) is 18.1. The number of hydrogen-bond acceptors (Lipinski definition) is 6. The highest BCUT2D eigenvalue weighted by atomic mass is 16.4. The van der Waals surface area contributed by atoms with Crippen molar-refractivity contribution >= 4 is 11.7 Å². The maximum atomic E-state index is 12.7. The molecule has 7 nitrogen and oxygen atoms in total. The van der Waals surface area contributed by atoms with Crippen molar-refractivity contribution in [1.29, 1.82) is 0 Å². The van der Waals surface area contributed by atoms with Gasteiger partial charge in [0.1, 0.15) is 11.6 Å². The van der Waals surface area contributed by atoms with Gasteiger partial charge in [0.2, 0.25) is 5.76 Å². The quantitative estimate of drug-likeness (QED) is 0.857. The Labute approximate surface area is 140 Å². The van der Waals surface area contributed by atoms with Gasteiger partial charge >= 0.3 is 0 Å². The summed E-state index contributed by atoms with van der Waals surface area (Å²) in [5.74, 6) is 3.18. The molecule has 0 atom stereocenters. The Hall–Kier alpha value is -2.44. The molecule has 0 radical (unpaired) electrons. The van der Waals surface area contributed by atoms with Crippen LogP contribution in [0.5, 0.6) is 0 Å². The SMILES string of the molecule is Cc1nccc(N2CCN(C(=O)c3oc(C4CC4)nc3C)CC2)n1. The average Bonchev–Trinajstić information content (AvgIpc) is 3.37. The molecule has 1 amide bonds. The number of aryl methyl sites for hydroxylation is 2. The molecule has 1 aliphatic carbocycles. The maximum Gasteiger partial charge on any atom is 0.291 e. The van der Waals surface area contributed by atoms with Gasteiger partial charge in [0.25, 0.3) is 5.91 Å². The number of amides is 1. The topological polar surface area (TPSA) is 75.4 Å². The van der Waals surface area contributed by atoms with Crippen molar-refractivity contribution < 1.29 is 9.21 Å². The molecular weight excluding hydrogens is 306 g/mol. The predicted octanol–water partition coefficient (Wildman–Crippen LogP) is 1.92. The van der Waals surface area contributed by atoms with Gasteiger partial charge in [0, 0.05) is 38.3 Å². The Balaban J connectivity index is 1.42. The van der Waals surface area contributed by atoms with Crippen molar-refractivity contribution in [1.82, 2.24) is 19.9 Å². The van der Waals surface area contributed by atoms with Crippen LogP contribution in [0.2, 0.25) is 0 Å². The Kier molecular flexibility index (Phi) is 3.70. The molecule has 1 saturated carbocycles. The van der Waals surface area contributed by atoms with Crippen LogP contribution in [0, 0.1) is 13.8 Å². The number of rotatable bonds is 3. The fraction of sp³-hybridized carbons (Fsp3) is 0.529. The van der Waals surface area contributed by atoms with Crippen molar-refractivity contribution in [2.24, 2.45) is 0 Å². The third-order valence-electron chi connectivity index (χ3n) is 4.59. The lowest BCUT2D eigenvalue weighted by atomic mass is 10.2. The number of oxazole rings is 1. The maximum absolute atomic E-state index is 12.7. The van der Waals surface area contributed by atoms with Gasteiger partial charge in [-0.2, -0.15) is 0 Å². The summed E-state index contributed by atoms with van der Waals surface area (Å²) in [5, 5.41) is 0. The highest BCUT2D eigenvalue weighted by molar-refractivity contribution is 5.92. The van der Waals surface area contributed by atoms with E-state index in [-0.39, 0.29) is 5.91 Å². The van der Waals surface area contributed by atoms with E-state index in [0.717, 1.165) is 43.5 Å². The molecule has 0 spiro atoms. The van der Waals surface area contributed by atoms with Crippen molar-refractivity contribution in [2.75, 3.05) is 31.1 Å². The summed E-state index contributed by atoms with van der Waals surface area (Å²) in [7, 11) is 0. The van der Waals surface area contributed by atoms with Crippen molar-refractivity contribution in [2.45, 2.75) is 32.6 Å². The number of aromatic nitrogens is 3. The molecule has 126 valence electrons. The van der Waals surface area contributed by atoms with E-state index in [4.69, 9.17) is 4.42 Å². The monoisotopic (exact) mass is 327 g/mol. The zero-order valence-electron chi connectivity index (χ0n) is 14.0. The summed E-state index contributed by atoms with van der Waals surface area (Å²) in [6, 6.07) is 1.91. The van der Waals surface area contributed by atoms with Gasteiger partial charge in [-0.15, -0.1) is 0 Å². The molecule has 2 aromatic rings. The fourth-order valence-corrected chi connectivity index (χ4v) is 3.02. The molecule has 0 bridgehead atoms. The molecule has 1 aliphatic heterocycles. The highest BCUT2D eigenvalue weighted by Crippen LogP contribution is 2.40. The molecule has 2 aromatic heterocycles. The van der Waals surface area contributed by atoms with Crippen LogP contribution in [0.1, 0.15) is 46.7 Å². The number of carbonyl (C=O) groups excluding carboxylic acids is 1. The summed E-state index contributed by atoms with van der Waals surface area (Å²) in [6.45, 7) is 6.55. The second-order valence-electron chi connectivity index (χ2n) is 6.48. The summed E-state index contributed by atoms with van der Waals surface area (Å²) < 4.78 is 5.74. The first-order chi connectivity index (χ1) is 11.6. The summed E-state index contributed by atoms with van der Waals surface area (Å²) in [6.07, 6.45) is 4.00. The number of hydrogen-bond donors (Lipinski definition) is 0. The van der Waals surface area contributed by atoms with E-state index < -0.39 is 0 Å². The second-order valence-corrected chi connectivity index (χ2v) is 6.48. The van der Waals surface area contributed by atoms with Crippen LogP contribution >= 0.6 is 0 Å².